The van der Waals surface area contributed by atoms with Crippen LogP contribution in [0.5, 0.6) is 0 Å². The van der Waals surface area contributed by atoms with Crippen molar-refractivity contribution in [2.75, 3.05) is 36.4 Å². The lowest BCUT2D eigenvalue weighted by atomic mass is 10.1. The van der Waals surface area contributed by atoms with Gasteiger partial charge in [0.25, 0.3) is 5.91 Å². The van der Waals surface area contributed by atoms with E-state index >= 15 is 0 Å². The molecule has 1 aromatic heterocycles. The maximum Gasteiger partial charge on any atom is 0.416 e. The summed E-state index contributed by atoms with van der Waals surface area (Å²) >= 11 is 0. The molecule has 8 heteroatoms. The average Bonchev–Trinajstić information content (AvgIpc) is 3.05. The number of alkyl halides is 3. The molecule has 2 aromatic carbocycles. The molecule has 178 valence electrons. The standard InChI is InChI=1S/C26H27F3N4O/c1-19-6-2-3-9-23(19)25(34)31-22-10-11-24(30-17-22)33-13-5-12-32(14-15-33)18-20-7-4-8-21(16-20)26(27,28)29/h2-4,6-11,16-17H,5,12-15,18H2,1H3,(H,31,34). The van der Waals surface area contributed by atoms with Crippen LogP contribution in [0.3, 0.4) is 0 Å². The van der Waals surface area contributed by atoms with E-state index in [1.165, 1.54) is 12.1 Å². The summed E-state index contributed by atoms with van der Waals surface area (Å²) in [5.74, 6) is 0.641. The SMILES string of the molecule is Cc1ccccc1C(=O)Nc1ccc(N2CCCN(Cc3cccc(C(F)(F)F)c3)CC2)nc1. The number of carbonyl (C=O) groups is 1. The number of amides is 1. The van der Waals surface area contributed by atoms with Gasteiger partial charge in [0.1, 0.15) is 5.82 Å². The van der Waals surface area contributed by atoms with Gasteiger partial charge in [-0.2, -0.15) is 13.2 Å². The van der Waals surface area contributed by atoms with E-state index in [1.807, 2.05) is 37.3 Å². The Kier molecular flexibility index (Phi) is 7.17. The first-order chi connectivity index (χ1) is 16.3. The molecule has 1 aliphatic rings. The normalized spacial score (nSPS) is 15.1. The van der Waals surface area contributed by atoms with Crippen molar-refractivity contribution >= 4 is 17.4 Å². The number of nitrogens with one attached hydrogen (secondary N) is 1. The van der Waals surface area contributed by atoms with Gasteiger partial charge in [-0.05, 0) is 48.7 Å². The molecule has 0 atom stereocenters. The number of hydrogen-bond acceptors (Lipinski definition) is 4. The van der Waals surface area contributed by atoms with Gasteiger partial charge in [-0.15, -0.1) is 0 Å². The number of aryl methyl sites for hydroxylation is 1. The van der Waals surface area contributed by atoms with Crippen LogP contribution in [0, 0.1) is 6.92 Å². The van der Waals surface area contributed by atoms with E-state index in [0.717, 1.165) is 50.0 Å². The van der Waals surface area contributed by atoms with Crippen LogP contribution in [0.2, 0.25) is 0 Å². The quantitative estimate of drug-likeness (QED) is 0.547. The van der Waals surface area contributed by atoms with Gasteiger partial charge in [-0.3, -0.25) is 9.69 Å². The second-order valence-corrected chi connectivity index (χ2v) is 8.49. The van der Waals surface area contributed by atoms with Crippen LogP contribution in [0.1, 0.15) is 33.5 Å². The average molecular weight is 469 g/mol. The highest BCUT2D eigenvalue weighted by Gasteiger charge is 2.30. The minimum Gasteiger partial charge on any atom is -0.355 e. The molecule has 1 fully saturated rings. The molecule has 1 N–H and O–H groups in total. The Morgan fingerprint density at radius 1 is 1.00 bits per heavy atom. The number of hydrogen-bond donors (Lipinski definition) is 1. The van der Waals surface area contributed by atoms with Crippen LogP contribution >= 0.6 is 0 Å². The van der Waals surface area contributed by atoms with Crippen molar-refractivity contribution in [3.63, 3.8) is 0 Å². The lowest BCUT2D eigenvalue weighted by Gasteiger charge is -2.23. The molecule has 1 aliphatic heterocycles. The predicted octanol–water partition coefficient (Wildman–Crippen LogP) is 5.37. The molecular formula is C26H27F3N4O. The smallest absolute Gasteiger partial charge is 0.355 e. The monoisotopic (exact) mass is 468 g/mol. The zero-order chi connectivity index (χ0) is 24.1. The molecule has 1 saturated heterocycles. The number of anilines is 2. The van der Waals surface area contributed by atoms with Gasteiger partial charge >= 0.3 is 6.18 Å². The molecule has 0 bridgehead atoms. The molecule has 0 unspecified atom stereocenters. The largest absolute Gasteiger partial charge is 0.416 e. The summed E-state index contributed by atoms with van der Waals surface area (Å²) in [5.41, 5.74) is 2.21. The fourth-order valence-electron chi connectivity index (χ4n) is 4.14. The number of rotatable bonds is 5. The summed E-state index contributed by atoms with van der Waals surface area (Å²) < 4.78 is 39.0. The Balaban J connectivity index is 1.34. The van der Waals surface area contributed by atoms with Crippen molar-refractivity contribution in [3.8, 4) is 0 Å². The summed E-state index contributed by atoms with van der Waals surface area (Å²) in [4.78, 5) is 21.4. The molecule has 0 saturated carbocycles. The predicted molar refractivity (Wildman–Crippen MR) is 127 cm³/mol. The van der Waals surface area contributed by atoms with Gasteiger partial charge < -0.3 is 10.2 Å². The van der Waals surface area contributed by atoms with Gasteiger partial charge in [0.15, 0.2) is 0 Å². The first kappa shape index (κ1) is 23.8. The minimum absolute atomic E-state index is 0.173. The fourth-order valence-corrected chi connectivity index (χ4v) is 4.14. The molecule has 0 radical (unpaired) electrons. The number of halogens is 3. The second-order valence-electron chi connectivity index (χ2n) is 8.49. The Morgan fingerprint density at radius 3 is 2.56 bits per heavy atom. The van der Waals surface area contributed by atoms with E-state index in [4.69, 9.17) is 0 Å². The van der Waals surface area contributed by atoms with Gasteiger partial charge in [0.05, 0.1) is 17.4 Å². The zero-order valence-corrected chi connectivity index (χ0v) is 19.0. The number of benzene rings is 2. The van der Waals surface area contributed by atoms with Crippen molar-refractivity contribution in [2.24, 2.45) is 0 Å². The summed E-state index contributed by atoms with van der Waals surface area (Å²) in [6.07, 6.45) is -1.80. The molecule has 0 aliphatic carbocycles. The van der Waals surface area contributed by atoms with Crippen molar-refractivity contribution in [1.82, 2.24) is 9.88 Å². The third-order valence-corrected chi connectivity index (χ3v) is 5.97. The van der Waals surface area contributed by atoms with E-state index in [1.54, 1.807) is 18.3 Å². The summed E-state index contributed by atoms with van der Waals surface area (Å²) in [5, 5.41) is 2.88. The van der Waals surface area contributed by atoms with Crippen LogP contribution in [-0.2, 0) is 12.7 Å². The molecule has 4 rings (SSSR count). The Hall–Kier alpha value is -3.39. The summed E-state index contributed by atoms with van der Waals surface area (Å²) in [6, 6.07) is 16.7. The Morgan fingerprint density at radius 2 is 1.82 bits per heavy atom. The summed E-state index contributed by atoms with van der Waals surface area (Å²) in [7, 11) is 0. The molecule has 34 heavy (non-hydrogen) atoms. The highest BCUT2D eigenvalue weighted by molar-refractivity contribution is 6.05. The van der Waals surface area contributed by atoms with Crippen LogP contribution in [0.25, 0.3) is 0 Å². The molecule has 3 aromatic rings. The lowest BCUT2D eigenvalue weighted by molar-refractivity contribution is -0.137. The first-order valence-electron chi connectivity index (χ1n) is 11.3. The van der Waals surface area contributed by atoms with E-state index < -0.39 is 11.7 Å². The number of pyridine rings is 1. The van der Waals surface area contributed by atoms with Crippen LogP contribution in [-0.4, -0.2) is 42.0 Å². The summed E-state index contributed by atoms with van der Waals surface area (Å²) in [6.45, 7) is 5.43. The Labute approximate surface area is 197 Å². The fraction of sp³-hybridized carbons (Fsp3) is 0.308. The van der Waals surface area contributed by atoms with Crippen LogP contribution < -0.4 is 10.2 Å². The maximum atomic E-state index is 13.0. The van der Waals surface area contributed by atoms with E-state index in [9.17, 15) is 18.0 Å². The van der Waals surface area contributed by atoms with Crippen molar-refractivity contribution < 1.29 is 18.0 Å². The Bertz CT molecular complexity index is 1130. The maximum absolute atomic E-state index is 13.0. The highest BCUT2D eigenvalue weighted by atomic mass is 19.4. The second kappa shape index (κ2) is 10.3. The first-order valence-corrected chi connectivity index (χ1v) is 11.3. The van der Waals surface area contributed by atoms with Crippen molar-refractivity contribution in [3.05, 3.63) is 89.1 Å². The minimum atomic E-state index is -4.33. The molecule has 5 nitrogen and oxygen atoms in total. The van der Waals surface area contributed by atoms with Crippen molar-refractivity contribution in [1.29, 1.82) is 0 Å². The third kappa shape index (κ3) is 5.94. The van der Waals surface area contributed by atoms with Gasteiger partial charge in [0, 0.05) is 38.3 Å². The van der Waals surface area contributed by atoms with Crippen LogP contribution in [0.4, 0.5) is 24.7 Å². The van der Waals surface area contributed by atoms with Gasteiger partial charge in [-0.25, -0.2) is 4.98 Å². The molecule has 1 amide bonds. The van der Waals surface area contributed by atoms with Crippen LogP contribution in [0.15, 0.2) is 66.9 Å². The van der Waals surface area contributed by atoms with E-state index in [0.29, 0.717) is 23.4 Å². The van der Waals surface area contributed by atoms with Crippen molar-refractivity contribution in [2.45, 2.75) is 26.1 Å². The zero-order valence-electron chi connectivity index (χ0n) is 19.0. The highest BCUT2D eigenvalue weighted by Crippen LogP contribution is 2.30. The number of carbonyl (C=O) groups excluding carboxylic acids is 1. The number of nitrogens with zero attached hydrogens (tertiary/aromatic N) is 3. The van der Waals surface area contributed by atoms with E-state index in [-0.39, 0.29) is 5.91 Å². The number of aromatic nitrogens is 1. The van der Waals surface area contributed by atoms with Gasteiger partial charge in [0.2, 0.25) is 0 Å². The van der Waals surface area contributed by atoms with E-state index in [2.05, 4.69) is 20.1 Å². The molecular weight excluding hydrogens is 441 g/mol. The molecule has 0 spiro atoms. The molecule has 2 heterocycles. The lowest BCUT2D eigenvalue weighted by Crippen LogP contribution is -2.31. The van der Waals surface area contributed by atoms with Gasteiger partial charge in [-0.1, -0.05) is 36.4 Å². The topological polar surface area (TPSA) is 48.5 Å². The third-order valence-electron chi connectivity index (χ3n) is 5.97.